The van der Waals surface area contributed by atoms with E-state index in [1.54, 1.807) is 17.1 Å². The highest BCUT2D eigenvalue weighted by atomic mass is 16.2. The van der Waals surface area contributed by atoms with Crippen LogP contribution in [0.15, 0.2) is 12.4 Å². The number of rotatable bonds is 4. The first-order valence-corrected chi connectivity index (χ1v) is 6.99. The lowest BCUT2D eigenvalue weighted by atomic mass is 10.2. The number of nitrogen functional groups attached to an aromatic ring is 1. The molecule has 2 aliphatic rings. The van der Waals surface area contributed by atoms with Gasteiger partial charge in [0.25, 0.3) is 0 Å². The van der Waals surface area contributed by atoms with Gasteiger partial charge in [0.05, 0.1) is 11.9 Å². The first-order valence-electron chi connectivity index (χ1n) is 6.99. The summed E-state index contributed by atoms with van der Waals surface area (Å²) in [7, 11) is 0. The maximum Gasteiger partial charge on any atom is 0.244 e. The van der Waals surface area contributed by atoms with Crippen LogP contribution in [-0.4, -0.2) is 58.2 Å². The molecule has 104 valence electrons. The summed E-state index contributed by atoms with van der Waals surface area (Å²) in [5, 5.41) is 4.05. The lowest BCUT2D eigenvalue weighted by Crippen LogP contribution is -2.49. The van der Waals surface area contributed by atoms with Crippen molar-refractivity contribution in [3.8, 4) is 0 Å². The van der Waals surface area contributed by atoms with Gasteiger partial charge in [0.15, 0.2) is 0 Å². The van der Waals surface area contributed by atoms with Crippen molar-refractivity contribution in [2.45, 2.75) is 19.4 Å². The summed E-state index contributed by atoms with van der Waals surface area (Å²) < 4.78 is 1.61. The van der Waals surface area contributed by atoms with Crippen molar-refractivity contribution < 1.29 is 4.79 Å². The molecule has 1 aromatic rings. The van der Waals surface area contributed by atoms with Gasteiger partial charge >= 0.3 is 0 Å². The van der Waals surface area contributed by atoms with Gasteiger partial charge in [0.2, 0.25) is 5.91 Å². The molecule has 0 bridgehead atoms. The number of nitrogens with zero attached hydrogens (tertiary/aromatic N) is 4. The second-order valence-corrected chi connectivity index (χ2v) is 5.60. The lowest BCUT2D eigenvalue weighted by Gasteiger charge is -2.34. The summed E-state index contributed by atoms with van der Waals surface area (Å²) in [6.07, 6.45) is 6.04. The smallest absolute Gasteiger partial charge is 0.244 e. The number of carbonyl (C=O) groups is 1. The van der Waals surface area contributed by atoms with Crippen molar-refractivity contribution >= 4 is 11.6 Å². The molecular formula is C13H21N5O. The van der Waals surface area contributed by atoms with Gasteiger partial charge in [-0.25, -0.2) is 0 Å². The molecule has 1 aliphatic carbocycles. The van der Waals surface area contributed by atoms with Crippen LogP contribution in [-0.2, 0) is 11.3 Å². The van der Waals surface area contributed by atoms with Crippen molar-refractivity contribution in [1.29, 1.82) is 0 Å². The molecule has 0 atom stereocenters. The van der Waals surface area contributed by atoms with Crippen LogP contribution in [0.2, 0.25) is 0 Å². The third kappa shape index (κ3) is 3.26. The molecule has 1 saturated carbocycles. The van der Waals surface area contributed by atoms with E-state index in [4.69, 9.17) is 5.73 Å². The van der Waals surface area contributed by atoms with E-state index in [-0.39, 0.29) is 5.91 Å². The van der Waals surface area contributed by atoms with Crippen molar-refractivity contribution in [3.63, 3.8) is 0 Å². The third-order valence-corrected chi connectivity index (χ3v) is 3.89. The SMILES string of the molecule is Nc1cnn(CC(=O)N2CCN(CC3CC3)CC2)c1. The van der Waals surface area contributed by atoms with Crippen molar-refractivity contribution in [3.05, 3.63) is 12.4 Å². The van der Waals surface area contributed by atoms with Crippen molar-refractivity contribution in [2.75, 3.05) is 38.5 Å². The van der Waals surface area contributed by atoms with Gasteiger partial charge in [-0.15, -0.1) is 0 Å². The van der Waals surface area contributed by atoms with Gasteiger partial charge in [-0.05, 0) is 18.8 Å². The Hall–Kier alpha value is -1.56. The molecular weight excluding hydrogens is 242 g/mol. The minimum atomic E-state index is 0.133. The third-order valence-electron chi connectivity index (χ3n) is 3.89. The molecule has 1 aromatic heterocycles. The van der Waals surface area contributed by atoms with Crippen LogP contribution in [0, 0.1) is 5.92 Å². The van der Waals surface area contributed by atoms with Crippen LogP contribution >= 0.6 is 0 Å². The molecule has 0 unspecified atom stereocenters. The van der Waals surface area contributed by atoms with Gasteiger partial charge in [-0.3, -0.25) is 14.4 Å². The topological polar surface area (TPSA) is 67.4 Å². The number of amides is 1. The van der Waals surface area contributed by atoms with Crippen LogP contribution in [0.1, 0.15) is 12.8 Å². The van der Waals surface area contributed by atoms with Crippen LogP contribution in [0.25, 0.3) is 0 Å². The molecule has 1 aliphatic heterocycles. The molecule has 1 amide bonds. The van der Waals surface area contributed by atoms with E-state index in [1.807, 2.05) is 4.90 Å². The number of nitrogens with two attached hydrogens (primary N) is 1. The van der Waals surface area contributed by atoms with Gasteiger partial charge in [-0.2, -0.15) is 5.10 Å². The van der Waals surface area contributed by atoms with Gasteiger partial charge in [0.1, 0.15) is 6.54 Å². The Labute approximate surface area is 113 Å². The second kappa shape index (κ2) is 5.21. The van der Waals surface area contributed by atoms with E-state index in [1.165, 1.54) is 19.4 Å². The molecule has 0 radical (unpaired) electrons. The summed E-state index contributed by atoms with van der Waals surface area (Å²) >= 11 is 0. The Morgan fingerprint density at radius 3 is 2.63 bits per heavy atom. The Morgan fingerprint density at radius 2 is 2.05 bits per heavy atom. The zero-order chi connectivity index (χ0) is 13.2. The molecule has 2 N–H and O–H groups in total. The number of hydrogen-bond acceptors (Lipinski definition) is 4. The van der Waals surface area contributed by atoms with E-state index in [2.05, 4.69) is 10.00 Å². The molecule has 6 heteroatoms. The zero-order valence-electron chi connectivity index (χ0n) is 11.2. The van der Waals surface area contributed by atoms with Crippen LogP contribution in [0.4, 0.5) is 5.69 Å². The average molecular weight is 263 g/mol. The highest BCUT2D eigenvalue weighted by Crippen LogP contribution is 2.29. The largest absolute Gasteiger partial charge is 0.396 e. The summed E-state index contributed by atoms with van der Waals surface area (Å²) in [4.78, 5) is 16.5. The summed E-state index contributed by atoms with van der Waals surface area (Å²) in [6, 6.07) is 0. The number of aromatic nitrogens is 2. The number of piperazine rings is 1. The predicted octanol–water partition coefficient (Wildman–Crippen LogP) is 0.0195. The van der Waals surface area contributed by atoms with E-state index in [9.17, 15) is 4.79 Å². The molecule has 1 saturated heterocycles. The molecule has 2 fully saturated rings. The van der Waals surface area contributed by atoms with Gasteiger partial charge in [-0.1, -0.05) is 0 Å². The van der Waals surface area contributed by atoms with Gasteiger partial charge in [0, 0.05) is 38.9 Å². The van der Waals surface area contributed by atoms with E-state index in [0.29, 0.717) is 12.2 Å². The molecule has 19 heavy (non-hydrogen) atoms. The Kier molecular flexibility index (Phi) is 3.42. The normalized spacial score (nSPS) is 20.7. The maximum atomic E-state index is 12.1. The Morgan fingerprint density at radius 1 is 1.32 bits per heavy atom. The fourth-order valence-corrected chi connectivity index (χ4v) is 2.55. The summed E-state index contributed by atoms with van der Waals surface area (Å²) in [5.74, 6) is 1.06. The summed E-state index contributed by atoms with van der Waals surface area (Å²) in [5.41, 5.74) is 6.19. The summed E-state index contributed by atoms with van der Waals surface area (Å²) in [6.45, 7) is 5.19. The standard InChI is InChI=1S/C13H21N5O/c14-12-7-15-18(9-12)10-13(19)17-5-3-16(4-6-17)8-11-1-2-11/h7,9,11H,1-6,8,10,14H2. The molecule has 2 heterocycles. The Balaban J connectivity index is 1.46. The quantitative estimate of drug-likeness (QED) is 0.831. The van der Waals surface area contributed by atoms with E-state index >= 15 is 0 Å². The lowest BCUT2D eigenvalue weighted by molar-refractivity contribution is -0.133. The molecule has 3 rings (SSSR count). The second-order valence-electron chi connectivity index (χ2n) is 5.60. The van der Waals surface area contributed by atoms with E-state index < -0.39 is 0 Å². The monoisotopic (exact) mass is 263 g/mol. The Bertz CT molecular complexity index is 446. The van der Waals surface area contributed by atoms with Crippen LogP contribution < -0.4 is 5.73 Å². The van der Waals surface area contributed by atoms with Gasteiger partial charge < -0.3 is 10.6 Å². The average Bonchev–Trinajstić information content (AvgIpc) is 3.12. The number of hydrogen-bond donors (Lipinski definition) is 1. The fourth-order valence-electron chi connectivity index (χ4n) is 2.55. The first kappa shape index (κ1) is 12.5. The highest BCUT2D eigenvalue weighted by molar-refractivity contribution is 5.76. The fraction of sp³-hybridized carbons (Fsp3) is 0.692. The molecule has 0 aromatic carbocycles. The zero-order valence-corrected chi connectivity index (χ0v) is 11.2. The van der Waals surface area contributed by atoms with E-state index in [0.717, 1.165) is 32.1 Å². The maximum absolute atomic E-state index is 12.1. The molecule has 6 nitrogen and oxygen atoms in total. The van der Waals surface area contributed by atoms with Crippen LogP contribution in [0.5, 0.6) is 0 Å². The molecule has 0 spiro atoms. The minimum Gasteiger partial charge on any atom is -0.396 e. The number of carbonyl (C=O) groups excluding carboxylic acids is 1. The first-order chi connectivity index (χ1) is 9.20. The predicted molar refractivity (Wildman–Crippen MR) is 72.4 cm³/mol. The highest BCUT2D eigenvalue weighted by Gasteiger charge is 2.27. The van der Waals surface area contributed by atoms with Crippen LogP contribution in [0.3, 0.4) is 0 Å². The minimum absolute atomic E-state index is 0.133. The van der Waals surface area contributed by atoms with Crippen molar-refractivity contribution in [1.82, 2.24) is 19.6 Å². The van der Waals surface area contributed by atoms with Crippen molar-refractivity contribution in [2.24, 2.45) is 5.92 Å². The number of anilines is 1.